The zero-order chi connectivity index (χ0) is 14.3. The molecule has 2 aromatic rings. The molecular weight excluding hydrogens is 279 g/mol. The molecule has 0 atom stereocenters. The Morgan fingerprint density at radius 2 is 1.95 bits per heavy atom. The van der Waals surface area contributed by atoms with Crippen LogP contribution in [0.4, 0.5) is 4.39 Å². The van der Waals surface area contributed by atoms with Gasteiger partial charge in [0.1, 0.15) is 5.82 Å². The Kier molecular flexibility index (Phi) is 3.06. The molecule has 3 rings (SSSR count). The number of hydrogen-bond donors (Lipinski definition) is 1. The summed E-state index contributed by atoms with van der Waals surface area (Å²) in [6, 6.07) is 8.69. The third-order valence-corrected chi connectivity index (χ3v) is 4.29. The molecule has 0 saturated heterocycles. The molecule has 0 saturated carbocycles. The summed E-state index contributed by atoms with van der Waals surface area (Å²) < 4.78 is 13.3. The highest BCUT2D eigenvalue weighted by Crippen LogP contribution is 2.37. The van der Waals surface area contributed by atoms with E-state index in [0.717, 1.165) is 5.56 Å². The number of benzene rings is 2. The normalized spacial score (nSPS) is 13.3. The Morgan fingerprint density at radius 1 is 1.15 bits per heavy atom. The van der Waals surface area contributed by atoms with Gasteiger partial charge >= 0.3 is 5.97 Å². The fraction of sp³-hybridized carbons (Fsp3) is 0.0667. The molecule has 100 valence electrons. The summed E-state index contributed by atoms with van der Waals surface area (Å²) in [6.07, 6.45) is 0.195. The summed E-state index contributed by atoms with van der Waals surface area (Å²) in [6.45, 7) is 0. The van der Waals surface area contributed by atoms with Crippen LogP contribution in [0.5, 0.6) is 0 Å². The van der Waals surface area contributed by atoms with Crippen LogP contribution in [0.25, 0.3) is 0 Å². The number of carbonyl (C=O) groups is 2. The van der Waals surface area contributed by atoms with Crippen molar-refractivity contribution in [3.05, 3.63) is 58.9 Å². The van der Waals surface area contributed by atoms with Gasteiger partial charge in [-0.25, -0.2) is 9.18 Å². The van der Waals surface area contributed by atoms with E-state index >= 15 is 0 Å². The van der Waals surface area contributed by atoms with Gasteiger partial charge in [0.25, 0.3) is 0 Å². The lowest BCUT2D eigenvalue weighted by Gasteiger charge is -2.06. The van der Waals surface area contributed by atoms with Crippen LogP contribution in [0.15, 0.2) is 46.2 Å². The smallest absolute Gasteiger partial charge is 0.335 e. The van der Waals surface area contributed by atoms with Gasteiger partial charge in [-0.15, -0.1) is 0 Å². The number of hydrogen-bond acceptors (Lipinski definition) is 3. The van der Waals surface area contributed by atoms with Crippen molar-refractivity contribution in [2.24, 2.45) is 0 Å². The van der Waals surface area contributed by atoms with E-state index in [0.29, 0.717) is 15.4 Å². The van der Waals surface area contributed by atoms with E-state index in [1.807, 2.05) is 0 Å². The second-order valence-electron chi connectivity index (χ2n) is 4.47. The minimum atomic E-state index is -1.02. The average molecular weight is 288 g/mol. The monoisotopic (exact) mass is 288 g/mol. The van der Waals surface area contributed by atoms with Crippen LogP contribution < -0.4 is 0 Å². The predicted molar refractivity (Wildman–Crippen MR) is 72.0 cm³/mol. The minimum absolute atomic E-state index is 0.0886. The van der Waals surface area contributed by atoms with Gasteiger partial charge in [-0.1, -0.05) is 17.8 Å². The van der Waals surface area contributed by atoms with Gasteiger partial charge in [0, 0.05) is 21.8 Å². The quantitative estimate of drug-likeness (QED) is 0.873. The first-order chi connectivity index (χ1) is 9.54. The Labute approximate surface area is 118 Å². The average Bonchev–Trinajstić information content (AvgIpc) is 2.53. The molecule has 0 aromatic heterocycles. The van der Waals surface area contributed by atoms with Gasteiger partial charge in [0.2, 0.25) is 0 Å². The van der Waals surface area contributed by atoms with Crippen molar-refractivity contribution < 1.29 is 19.1 Å². The predicted octanol–water partition coefficient (Wildman–Crippen LogP) is 3.41. The number of rotatable bonds is 1. The van der Waals surface area contributed by atoms with Crippen LogP contribution in [0.1, 0.15) is 26.3 Å². The summed E-state index contributed by atoms with van der Waals surface area (Å²) in [4.78, 5) is 24.4. The van der Waals surface area contributed by atoms with Crippen molar-refractivity contribution >= 4 is 23.5 Å². The van der Waals surface area contributed by atoms with E-state index in [9.17, 15) is 14.0 Å². The molecule has 0 radical (unpaired) electrons. The number of carboxylic acids is 1. The molecule has 0 aliphatic carbocycles. The van der Waals surface area contributed by atoms with Gasteiger partial charge in [0.15, 0.2) is 5.78 Å². The van der Waals surface area contributed by atoms with Gasteiger partial charge in [-0.3, -0.25) is 4.79 Å². The maximum Gasteiger partial charge on any atom is 0.335 e. The van der Waals surface area contributed by atoms with Gasteiger partial charge in [0.05, 0.1) is 5.56 Å². The molecule has 0 bridgehead atoms. The molecule has 2 aromatic carbocycles. The lowest BCUT2D eigenvalue weighted by atomic mass is 10.0. The first kappa shape index (κ1) is 12.9. The molecule has 0 fully saturated rings. The summed E-state index contributed by atoms with van der Waals surface area (Å²) in [5.74, 6) is -1.53. The topological polar surface area (TPSA) is 54.4 Å². The molecule has 1 aliphatic heterocycles. The number of Topliss-reactive ketones (excluding diaryl/α,β-unsaturated/α-hetero) is 1. The van der Waals surface area contributed by atoms with Crippen LogP contribution in [0.3, 0.4) is 0 Å². The molecule has 1 heterocycles. The van der Waals surface area contributed by atoms with E-state index in [1.165, 1.54) is 42.1 Å². The second kappa shape index (κ2) is 4.76. The third-order valence-electron chi connectivity index (χ3n) is 3.13. The van der Waals surface area contributed by atoms with Crippen LogP contribution in [-0.4, -0.2) is 16.9 Å². The molecule has 3 nitrogen and oxygen atoms in total. The first-order valence-electron chi connectivity index (χ1n) is 5.91. The highest BCUT2D eigenvalue weighted by atomic mass is 32.2. The molecule has 1 aliphatic rings. The molecule has 0 amide bonds. The first-order valence-corrected chi connectivity index (χ1v) is 6.73. The van der Waals surface area contributed by atoms with Crippen molar-refractivity contribution in [2.45, 2.75) is 16.2 Å². The molecule has 5 heteroatoms. The Morgan fingerprint density at radius 3 is 2.70 bits per heavy atom. The summed E-state index contributed by atoms with van der Waals surface area (Å²) >= 11 is 1.23. The standard InChI is InChI=1S/C15H9FO3S/c16-10-3-4-11-12(17)5-8-1-2-9(15(18)19)6-13(8)20-14(11)7-10/h1-4,6-7H,5H2,(H,18,19). The van der Waals surface area contributed by atoms with Crippen molar-refractivity contribution in [3.8, 4) is 0 Å². The fourth-order valence-electron chi connectivity index (χ4n) is 2.13. The van der Waals surface area contributed by atoms with Crippen molar-refractivity contribution in [3.63, 3.8) is 0 Å². The van der Waals surface area contributed by atoms with Crippen LogP contribution in [-0.2, 0) is 6.42 Å². The number of ketones is 1. The van der Waals surface area contributed by atoms with Crippen LogP contribution in [0.2, 0.25) is 0 Å². The maximum atomic E-state index is 13.3. The Bertz CT molecular complexity index is 740. The fourth-order valence-corrected chi connectivity index (χ4v) is 3.28. The van der Waals surface area contributed by atoms with Crippen LogP contribution in [0, 0.1) is 5.82 Å². The minimum Gasteiger partial charge on any atom is -0.478 e. The van der Waals surface area contributed by atoms with Crippen molar-refractivity contribution in [2.75, 3.05) is 0 Å². The molecule has 0 spiro atoms. The number of fused-ring (bicyclic) bond motifs is 2. The summed E-state index contributed by atoms with van der Waals surface area (Å²) in [5, 5.41) is 9.01. The number of aromatic carboxylic acids is 1. The van der Waals surface area contributed by atoms with E-state index in [1.54, 1.807) is 6.07 Å². The number of carboxylic acid groups (broad SMARTS) is 1. The molecule has 0 unspecified atom stereocenters. The summed E-state index contributed by atoms with van der Waals surface area (Å²) in [7, 11) is 0. The lowest BCUT2D eigenvalue weighted by Crippen LogP contribution is -2.04. The summed E-state index contributed by atoms with van der Waals surface area (Å²) in [5.41, 5.74) is 1.40. The van der Waals surface area contributed by atoms with Gasteiger partial charge in [-0.05, 0) is 35.9 Å². The SMILES string of the molecule is O=C(O)c1ccc2c(c1)Sc1cc(F)ccc1C(=O)C2. The van der Waals surface area contributed by atoms with E-state index < -0.39 is 11.8 Å². The highest BCUT2D eigenvalue weighted by molar-refractivity contribution is 7.99. The van der Waals surface area contributed by atoms with Crippen LogP contribution >= 0.6 is 11.8 Å². The zero-order valence-electron chi connectivity index (χ0n) is 10.2. The van der Waals surface area contributed by atoms with E-state index in [2.05, 4.69) is 0 Å². The van der Waals surface area contributed by atoms with Gasteiger partial charge in [-0.2, -0.15) is 0 Å². The molecular formula is C15H9FO3S. The van der Waals surface area contributed by atoms with Gasteiger partial charge < -0.3 is 5.11 Å². The molecule has 20 heavy (non-hydrogen) atoms. The van der Waals surface area contributed by atoms with E-state index in [-0.39, 0.29) is 17.8 Å². The third kappa shape index (κ3) is 2.20. The number of halogens is 1. The maximum absolute atomic E-state index is 13.3. The zero-order valence-corrected chi connectivity index (χ0v) is 11.0. The second-order valence-corrected chi connectivity index (χ2v) is 5.55. The van der Waals surface area contributed by atoms with E-state index in [4.69, 9.17) is 5.11 Å². The van der Waals surface area contributed by atoms with Crippen molar-refractivity contribution in [1.29, 1.82) is 0 Å². The lowest BCUT2D eigenvalue weighted by molar-refractivity contribution is 0.0696. The number of carbonyl (C=O) groups excluding carboxylic acids is 1. The Hall–Kier alpha value is -2.14. The molecule has 1 N–H and O–H groups in total. The Balaban J connectivity index is 2.15. The highest BCUT2D eigenvalue weighted by Gasteiger charge is 2.21. The largest absolute Gasteiger partial charge is 0.478 e. The van der Waals surface area contributed by atoms with Crippen molar-refractivity contribution in [1.82, 2.24) is 0 Å².